The van der Waals surface area contributed by atoms with E-state index in [-0.39, 0.29) is 0 Å². The molecule has 1 aromatic rings. The second kappa shape index (κ2) is 7.92. The first-order valence-corrected chi connectivity index (χ1v) is 8.29. The van der Waals surface area contributed by atoms with Gasteiger partial charge in [0.25, 0.3) is 0 Å². The van der Waals surface area contributed by atoms with Gasteiger partial charge in [0.1, 0.15) is 12.4 Å². The Kier molecular flexibility index (Phi) is 5.67. The van der Waals surface area contributed by atoms with E-state index in [0.29, 0.717) is 6.04 Å². The first-order valence-electron chi connectivity index (χ1n) is 8.29. The molecule has 122 valence electrons. The Morgan fingerprint density at radius 2 is 2.05 bits per heavy atom. The second-order valence-corrected chi connectivity index (χ2v) is 6.23. The highest BCUT2D eigenvalue weighted by atomic mass is 16.5. The number of rotatable bonds is 6. The third-order valence-corrected chi connectivity index (χ3v) is 4.39. The number of ether oxygens (including phenoxy) is 2. The maximum Gasteiger partial charge on any atom is 0.119 e. The molecule has 2 saturated heterocycles. The van der Waals surface area contributed by atoms with Gasteiger partial charge in [-0.15, -0.1) is 0 Å². The van der Waals surface area contributed by atoms with Crippen molar-refractivity contribution in [3.05, 3.63) is 29.8 Å². The summed E-state index contributed by atoms with van der Waals surface area (Å²) in [6.07, 6.45) is 1.11. The van der Waals surface area contributed by atoms with Crippen LogP contribution < -0.4 is 10.5 Å². The number of nitrogens with two attached hydrogens (primary N) is 1. The predicted molar refractivity (Wildman–Crippen MR) is 87.1 cm³/mol. The molecule has 5 nitrogen and oxygen atoms in total. The Hall–Kier alpha value is -1.14. The maximum absolute atomic E-state index is 5.97. The van der Waals surface area contributed by atoms with E-state index in [1.54, 1.807) is 0 Å². The summed E-state index contributed by atoms with van der Waals surface area (Å²) >= 11 is 0. The Bertz CT molecular complexity index is 463. The molecule has 0 aromatic heterocycles. The summed E-state index contributed by atoms with van der Waals surface area (Å²) < 4.78 is 11.3. The summed E-state index contributed by atoms with van der Waals surface area (Å²) in [5, 5.41) is 0. The van der Waals surface area contributed by atoms with Crippen LogP contribution in [-0.2, 0) is 11.3 Å². The quantitative estimate of drug-likeness (QED) is 0.847. The minimum absolute atomic E-state index is 0.341. The maximum atomic E-state index is 5.97. The molecule has 2 heterocycles. The average molecular weight is 305 g/mol. The van der Waals surface area contributed by atoms with Crippen LogP contribution in [0.5, 0.6) is 5.75 Å². The number of hydrogen-bond donors (Lipinski definition) is 1. The monoisotopic (exact) mass is 305 g/mol. The van der Waals surface area contributed by atoms with Crippen molar-refractivity contribution in [1.82, 2.24) is 9.80 Å². The molecule has 0 bridgehead atoms. The Morgan fingerprint density at radius 1 is 1.18 bits per heavy atom. The van der Waals surface area contributed by atoms with Crippen LogP contribution in [0.2, 0.25) is 0 Å². The van der Waals surface area contributed by atoms with Gasteiger partial charge in [0, 0.05) is 45.3 Å². The van der Waals surface area contributed by atoms with Crippen molar-refractivity contribution in [2.75, 3.05) is 52.5 Å². The summed E-state index contributed by atoms with van der Waals surface area (Å²) in [4.78, 5) is 4.80. The molecule has 1 aromatic carbocycles. The number of nitrogens with zero attached hydrogens (tertiary/aromatic N) is 2. The molecule has 0 radical (unpaired) electrons. The lowest BCUT2D eigenvalue weighted by Crippen LogP contribution is -2.38. The van der Waals surface area contributed by atoms with E-state index in [1.807, 2.05) is 6.07 Å². The van der Waals surface area contributed by atoms with Crippen LogP contribution in [0.15, 0.2) is 24.3 Å². The number of benzene rings is 1. The molecule has 0 spiro atoms. The molecule has 0 amide bonds. The molecule has 2 fully saturated rings. The molecular formula is C17H27N3O2. The highest BCUT2D eigenvalue weighted by molar-refractivity contribution is 5.28. The Balaban J connectivity index is 1.44. The summed E-state index contributed by atoms with van der Waals surface area (Å²) in [5.41, 5.74) is 7.27. The first kappa shape index (κ1) is 15.7. The van der Waals surface area contributed by atoms with Gasteiger partial charge in [-0.1, -0.05) is 12.1 Å². The minimum Gasteiger partial charge on any atom is -0.492 e. The van der Waals surface area contributed by atoms with Gasteiger partial charge >= 0.3 is 0 Å². The molecular weight excluding hydrogens is 278 g/mol. The summed E-state index contributed by atoms with van der Waals surface area (Å²) in [6.45, 7) is 8.48. The molecule has 1 atom stereocenters. The molecule has 22 heavy (non-hydrogen) atoms. The van der Waals surface area contributed by atoms with Crippen LogP contribution in [0.25, 0.3) is 0 Å². The molecule has 2 aliphatic heterocycles. The van der Waals surface area contributed by atoms with Crippen molar-refractivity contribution >= 4 is 0 Å². The molecule has 0 aliphatic carbocycles. The molecule has 5 heteroatoms. The number of hydrogen-bond acceptors (Lipinski definition) is 5. The molecule has 2 aliphatic rings. The Morgan fingerprint density at radius 3 is 2.82 bits per heavy atom. The van der Waals surface area contributed by atoms with Gasteiger partial charge in [0.2, 0.25) is 0 Å². The second-order valence-electron chi connectivity index (χ2n) is 6.23. The van der Waals surface area contributed by atoms with Crippen LogP contribution in [-0.4, -0.2) is 68.4 Å². The van der Waals surface area contributed by atoms with Gasteiger partial charge in [0.15, 0.2) is 0 Å². The van der Waals surface area contributed by atoms with E-state index in [2.05, 4.69) is 28.0 Å². The lowest BCUT2D eigenvalue weighted by molar-refractivity contribution is 0.0322. The lowest BCUT2D eigenvalue weighted by Gasteiger charge is -2.26. The molecule has 3 rings (SSSR count). The third kappa shape index (κ3) is 4.68. The van der Waals surface area contributed by atoms with Crippen LogP contribution in [0.1, 0.15) is 12.0 Å². The van der Waals surface area contributed by atoms with Crippen LogP contribution in [0, 0.1) is 0 Å². The van der Waals surface area contributed by atoms with Gasteiger partial charge in [-0.25, -0.2) is 0 Å². The van der Waals surface area contributed by atoms with Crippen molar-refractivity contribution in [3.8, 4) is 5.75 Å². The third-order valence-electron chi connectivity index (χ3n) is 4.39. The van der Waals surface area contributed by atoms with Crippen LogP contribution in [0.3, 0.4) is 0 Å². The number of likely N-dealkylation sites (tertiary alicyclic amines) is 1. The Labute approximate surface area is 133 Å². The van der Waals surface area contributed by atoms with Gasteiger partial charge < -0.3 is 15.2 Å². The van der Waals surface area contributed by atoms with E-state index in [4.69, 9.17) is 15.2 Å². The SMILES string of the molecule is NC1CCN(Cc2cccc(OCCN3CCOCC3)c2)C1. The van der Waals surface area contributed by atoms with Crippen molar-refractivity contribution in [3.63, 3.8) is 0 Å². The summed E-state index contributed by atoms with van der Waals surface area (Å²) in [6, 6.07) is 8.78. The standard InChI is InChI=1S/C17H27N3O2/c18-16-4-5-20(14-16)13-15-2-1-3-17(12-15)22-11-8-19-6-9-21-10-7-19/h1-3,12,16H,4-11,13-14,18H2. The van der Waals surface area contributed by atoms with Crippen molar-refractivity contribution in [1.29, 1.82) is 0 Å². The average Bonchev–Trinajstić information content (AvgIpc) is 2.94. The summed E-state index contributed by atoms with van der Waals surface area (Å²) in [7, 11) is 0. The first-order chi connectivity index (χ1) is 10.8. The fourth-order valence-corrected chi connectivity index (χ4v) is 3.12. The van der Waals surface area contributed by atoms with Gasteiger partial charge in [-0.3, -0.25) is 9.80 Å². The number of morpholine rings is 1. The highest BCUT2D eigenvalue weighted by Crippen LogP contribution is 2.17. The zero-order chi connectivity index (χ0) is 15.2. The molecule has 2 N–H and O–H groups in total. The fraction of sp³-hybridized carbons (Fsp3) is 0.647. The van der Waals surface area contributed by atoms with E-state index >= 15 is 0 Å². The van der Waals surface area contributed by atoms with Gasteiger partial charge in [0.05, 0.1) is 13.2 Å². The summed E-state index contributed by atoms with van der Waals surface area (Å²) in [5.74, 6) is 0.967. The van der Waals surface area contributed by atoms with Crippen molar-refractivity contribution in [2.24, 2.45) is 5.73 Å². The van der Waals surface area contributed by atoms with Gasteiger partial charge in [-0.05, 0) is 24.1 Å². The zero-order valence-electron chi connectivity index (χ0n) is 13.2. The van der Waals surface area contributed by atoms with Crippen molar-refractivity contribution < 1.29 is 9.47 Å². The topological polar surface area (TPSA) is 51.0 Å². The predicted octanol–water partition coefficient (Wildman–Crippen LogP) is 0.931. The van der Waals surface area contributed by atoms with E-state index in [0.717, 1.165) is 71.3 Å². The molecule has 1 unspecified atom stereocenters. The van der Waals surface area contributed by atoms with Gasteiger partial charge in [-0.2, -0.15) is 0 Å². The fourth-order valence-electron chi connectivity index (χ4n) is 3.12. The van der Waals surface area contributed by atoms with E-state index < -0.39 is 0 Å². The molecule has 0 saturated carbocycles. The zero-order valence-corrected chi connectivity index (χ0v) is 13.2. The van der Waals surface area contributed by atoms with E-state index in [1.165, 1.54) is 5.56 Å². The smallest absolute Gasteiger partial charge is 0.119 e. The van der Waals surface area contributed by atoms with E-state index in [9.17, 15) is 0 Å². The van der Waals surface area contributed by atoms with Crippen LogP contribution in [0.4, 0.5) is 0 Å². The largest absolute Gasteiger partial charge is 0.492 e. The highest BCUT2D eigenvalue weighted by Gasteiger charge is 2.18. The normalized spacial score (nSPS) is 23.8. The lowest BCUT2D eigenvalue weighted by atomic mass is 10.2. The van der Waals surface area contributed by atoms with Crippen molar-refractivity contribution in [2.45, 2.75) is 19.0 Å². The minimum atomic E-state index is 0.341. The van der Waals surface area contributed by atoms with Crippen LogP contribution >= 0.6 is 0 Å².